The van der Waals surface area contributed by atoms with Crippen molar-refractivity contribution >= 4 is 24.3 Å². The van der Waals surface area contributed by atoms with Gasteiger partial charge in [-0.05, 0) is 0 Å². The van der Waals surface area contributed by atoms with E-state index in [9.17, 15) is 9.59 Å². The van der Waals surface area contributed by atoms with Gasteiger partial charge in [-0.3, -0.25) is 0 Å². The van der Waals surface area contributed by atoms with Gasteiger partial charge in [0, 0.05) is 0 Å². The monoisotopic (exact) mass is 270 g/mol. The van der Waals surface area contributed by atoms with E-state index in [0.717, 1.165) is 0 Å². The summed E-state index contributed by atoms with van der Waals surface area (Å²) < 4.78 is 9.23. The summed E-state index contributed by atoms with van der Waals surface area (Å²) in [5.41, 5.74) is 0. The van der Waals surface area contributed by atoms with Crippen LogP contribution >= 0.6 is 0 Å². The summed E-state index contributed by atoms with van der Waals surface area (Å²) in [6, 6.07) is 6.31. The molecule has 0 saturated heterocycles. The molecule has 0 bridgehead atoms. The van der Waals surface area contributed by atoms with Crippen molar-refractivity contribution in [1.82, 2.24) is 0 Å². The number of hydrogen-bond acceptors (Lipinski definition) is 4. The number of furan rings is 2. The molecule has 4 nitrogen and oxygen atoms in total. The minimum absolute atomic E-state index is 0.218. The first-order valence-corrected chi connectivity index (χ1v) is 5.82. The molecule has 0 aliphatic heterocycles. The zero-order valence-electron chi connectivity index (χ0n) is 7.51. The number of carbonyl (C=O) groups excluding carboxylic acids is 2. The topological polar surface area (TPSA) is 60.4 Å². The molecule has 0 fully saturated rings. The van der Waals surface area contributed by atoms with Gasteiger partial charge in [-0.2, -0.15) is 0 Å². The molecule has 0 N–H and O–H groups in total. The molecule has 0 saturated carbocycles. The van der Waals surface area contributed by atoms with Gasteiger partial charge in [0.05, 0.1) is 0 Å². The molecule has 2 aromatic heterocycles. The molecule has 0 spiro atoms. The third-order valence-electron chi connectivity index (χ3n) is 1.63. The van der Waals surface area contributed by atoms with Crippen LogP contribution in [-0.4, -0.2) is 24.3 Å². The van der Waals surface area contributed by atoms with E-state index in [4.69, 9.17) is 8.83 Å². The van der Waals surface area contributed by atoms with Gasteiger partial charge in [-0.15, -0.1) is 0 Å². The summed E-state index contributed by atoms with van der Waals surface area (Å²) in [4.78, 5) is 23.0. The Bertz CT molecular complexity index is 411. The fourth-order valence-corrected chi connectivity index (χ4v) is 2.24. The summed E-state index contributed by atoms with van der Waals surface area (Å²) in [5, 5.41) is 0. The Morgan fingerprint density at radius 3 is 1.73 bits per heavy atom. The molecule has 0 unspecified atom stereocenters. The second kappa shape index (κ2) is 4.29. The molecule has 0 aliphatic carbocycles. The molecule has 2 aromatic rings. The van der Waals surface area contributed by atoms with E-state index in [0.29, 0.717) is 0 Å². The Hall–Kier alpha value is -1.58. The van der Waals surface area contributed by atoms with Gasteiger partial charge in [0.1, 0.15) is 0 Å². The Morgan fingerprint density at radius 1 is 0.933 bits per heavy atom. The molecule has 2 heterocycles. The normalized spacial score (nSPS) is 10.1. The standard InChI is InChI=1S/C10H6O4Se/c11-9(7-3-1-5-13-7)15-10(12)8-4-2-6-14-8/h1-6H. The van der Waals surface area contributed by atoms with E-state index in [-0.39, 0.29) is 20.9 Å². The van der Waals surface area contributed by atoms with Crippen LogP contribution in [0.4, 0.5) is 0 Å². The summed E-state index contributed by atoms with van der Waals surface area (Å²) in [6.07, 6.45) is 2.81. The summed E-state index contributed by atoms with van der Waals surface area (Å²) >= 11 is -0.824. The molecule has 15 heavy (non-hydrogen) atoms. The molecule has 2 rings (SSSR count). The van der Waals surface area contributed by atoms with Gasteiger partial charge in [-0.1, -0.05) is 0 Å². The maximum atomic E-state index is 11.5. The van der Waals surface area contributed by atoms with Crippen LogP contribution in [0.15, 0.2) is 45.6 Å². The van der Waals surface area contributed by atoms with Gasteiger partial charge in [-0.25, -0.2) is 0 Å². The van der Waals surface area contributed by atoms with Crippen molar-refractivity contribution in [2.24, 2.45) is 0 Å². The van der Waals surface area contributed by atoms with Crippen LogP contribution in [0.5, 0.6) is 0 Å². The van der Waals surface area contributed by atoms with Gasteiger partial charge >= 0.3 is 91.1 Å². The molecular formula is C10H6O4Se. The molecule has 0 aliphatic rings. The average molecular weight is 269 g/mol. The van der Waals surface area contributed by atoms with Gasteiger partial charge < -0.3 is 0 Å². The van der Waals surface area contributed by atoms with Gasteiger partial charge in [0.2, 0.25) is 0 Å². The predicted octanol–water partition coefficient (Wildman–Crippen LogP) is 1.56. The van der Waals surface area contributed by atoms with Crippen LogP contribution in [0.1, 0.15) is 21.1 Å². The van der Waals surface area contributed by atoms with Crippen LogP contribution < -0.4 is 0 Å². The molecule has 0 atom stereocenters. The van der Waals surface area contributed by atoms with Gasteiger partial charge in [0.15, 0.2) is 0 Å². The number of rotatable bonds is 4. The first-order valence-electron chi connectivity index (χ1n) is 4.11. The molecule has 76 valence electrons. The quantitative estimate of drug-likeness (QED) is 0.790. The Kier molecular flexibility index (Phi) is 2.85. The van der Waals surface area contributed by atoms with Crippen molar-refractivity contribution in [2.45, 2.75) is 0 Å². The van der Waals surface area contributed by atoms with Crippen molar-refractivity contribution in [1.29, 1.82) is 0 Å². The number of hydrogen-bond donors (Lipinski definition) is 0. The van der Waals surface area contributed by atoms with Crippen molar-refractivity contribution in [2.75, 3.05) is 0 Å². The summed E-state index contributed by atoms with van der Waals surface area (Å²) in [7, 11) is 0. The van der Waals surface area contributed by atoms with E-state index < -0.39 is 15.0 Å². The second-order valence-electron chi connectivity index (χ2n) is 2.63. The average Bonchev–Trinajstić information content (AvgIpc) is 2.91. The van der Waals surface area contributed by atoms with Crippen molar-refractivity contribution in [3.05, 3.63) is 48.3 Å². The maximum absolute atomic E-state index is 11.5. The van der Waals surface area contributed by atoms with E-state index in [1.165, 1.54) is 12.5 Å². The Morgan fingerprint density at radius 2 is 1.40 bits per heavy atom. The van der Waals surface area contributed by atoms with E-state index in [1.54, 1.807) is 24.3 Å². The fraction of sp³-hybridized carbons (Fsp3) is 0. The fourth-order valence-electron chi connectivity index (χ4n) is 0.974. The number of carbonyl (C=O) groups is 2. The molecule has 0 radical (unpaired) electrons. The third kappa shape index (κ3) is 2.26. The molecular weight excluding hydrogens is 263 g/mol. The third-order valence-corrected chi connectivity index (χ3v) is 3.25. The van der Waals surface area contributed by atoms with Crippen molar-refractivity contribution in [3.63, 3.8) is 0 Å². The first kappa shape index (κ1) is 9.96. The van der Waals surface area contributed by atoms with Crippen molar-refractivity contribution in [3.8, 4) is 0 Å². The van der Waals surface area contributed by atoms with Crippen LogP contribution in [0.25, 0.3) is 0 Å². The minimum atomic E-state index is -0.824. The SMILES string of the molecule is O=C([Se]C(=O)c1ccco1)c1ccco1. The second-order valence-corrected chi connectivity index (χ2v) is 4.62. The molecule has 0 amide bonds. The van der Waals surface area contributed by atoms with Gasteiger partial charge in [0.25, 0.3) is 0 Å². The van der Waals surface area contributed by atoms with E-state index >= 15 is 0 Å². The zero-order valence-corrected chi connectivity index (χ0v) is 9.22. The van der Waals surface area contributed by atoms with E-state index in [1.807, 2.05) is 0 Å². The van der Waals surface area contributed by atoms with Crippen LogP contribution in [0.2, 0.25) is 0 Å². The van der Waals surface area contributed by atoms with Crippen molar-refractivity contribution < 1.29 is 18.4 Å². The zero-order chi connectivity index (χ0) is 10.7. The van der Waals surface area contributed by atoms with Crippen LogP contribution in [0, 0.1) is 0 Å². The molecule has 0 aromatic carbocycles. The van der Waals surface area contributed by atoms with Crippen LogP contribution in [0.3, 0.4) is 0 Å². The molecule has 5 heteroatoms. The Balaban J connectivity index is 2.04. The first-order chi connectivity index (χ1) is 7.27. The van der Waals surface area contributed by atoms with Crippen LogP contribution in [-0.2, 0) is 0 Å². The predicted molar refractivity (Wildman–Crippen MR) is 51.8 cm³/mol. The summed E-state index contributed by atoms with van der Waals surface area (Å²) in [5.74, 6) is 0.435. The van der Waals surface area contributed by atoms with E-state index in [2.05, 4.69) is 0 Å². The summed E-state index contributed by atoms with van der Waals surface area (Å²) in [6.45, 7) is 0. The Labute approximate surface area is 91.4 Å².